The van der Waals surface area contributed by atoms with Crippen molar-refractivity contribution in [1.29, 1.82) is 0 Å². The minimum absolute atomic E-state index is 0.324. The van der Waals surface area contributed by atoms with Crippen LogP contribution in [-0.2, 0) is 16.1 Å². The van der Waals surface area contributed by atoms with E-state index >= 15 is 0 Å². The lowest BCUT2D eigenvalue weighted by atomic mass is 10.2. The van der Waals surface area contributed by atoms with E-state index in [1.807, 2.05) is 37.3 Å². The number of guanidine groups is 1. The molecular formula is C19H31N3O3. The topological polar surface area (TPSA) is 75.1 Å². The fourth-order valence-corrected chi connectivity index (χ4v) is 2.25. The van der Waals surface area contributed by atoms with E-state index < -0.39 is 6.10 Å². The van der Waals surface area contributed by atoms with Gasteiger partial charge in [-0.1, -0.05) is 30.3 Å². The Labute approximate surface area is 150 Å². The second-order valence-corrected chi connectivity index (χ2v) is 6.32. The van der Waals surface area contributed by atoms with Crippen LogP contribution in [0.4, 0.5) is 0 Å². The first kappa shape index (κ1) is 19.7. The summed E-state index contributed by atoms with van der Waals surface area (Å²) in [6.07, 6.45) is 1.95. The van der Waals surface area contributed by atoms with Crippen molar-refractivity contribution in [3.05, 3.63) is 35.9 Å². The molecule has 0 radical (unpaired) electrons. The highest BCUT2D eigenvalue weighted by molar-refractivity contribution is 5.79. The SMILES string of the molecule is CCNC(=NCC(O)COCC1CC1)NCCOCc1ccccc1. The van der Waals surface area contributed by atoms with Gasteiger partial charge in [0.15, 0.2) is 5.96 Å². The van der Waals surface area contributed by atoms with Gasteiger partial charge < -0.3 is 25.2 Å². The van der Waals surface area contributed by atoms with Crippen LogP contribution in [0.15, 0.2) is 35.3 Å². The second kappa shape index (κ2) is 11.8. The third-order valence-electron chi connectivity index (χ3n) is 3.82. The molecule has 6 nitrogen and oxygen atoms in total. The number of aliphatic hydroxyl groups is 1. The van der Waals surface area contributed by atoms with Crippen LogP contribution in [0, 0.1) is 5.92 Å². The van der Waals surface area contributed by atoms with E-state index in [4.69, 9.17) is 9.47 Å². The van der Waals surface area contributed by atoms with E-state index in [0.29, 0.717) is 44.8 Å². The molecule has 0 heterocycles. The summed E-state index contributed by atoms with van der Waals surface area (Å²) in [5.41, 5.74) is 1.16. The van der Waals surface area contributed by atoms with Crippen molar-refractivity contribution >= 4 is 5.96 Å². The molecule has 1 fully saturated rings. The smallest absolute Gasteiger partial charge is 0.191 e. The summed E-state index contributed by atoms with van der Waals surface area (Å²) in [5, 5.41) is 16.3. The molecule has 1 saturated carbocycles. The predicted molar refractivity (Wildman–Crippen MR) is 99.6 cm³/mol. The summed E-state index contributed by atoms with van der Waals surface area (Å²) in [7, 11) is 0. The number of benzene rings is 1. The molecule has 0 aromatic heterocycles. The Morgan fingerprint density at radius 1 is 1.24 bits per heavy atom. The number of rotatable bonds is 12. The van der Waals surface area contributed by atoms with E-state index in [-0.39, 0.29) is 0 Å². The Morgan fingerprint density at radius 2 is 2.04 bits per heavy atom. The molecule has 1 aromatic rings. The summed E-state index contributed by atoms with van der Waals surface area (Å²) >= 11 is 0. The maximum atomic E-state index is 9.92. The zero-order valence-electron chi connectivity index (χ0n) is 15.1. The lowest BCUT2D eigenvalue weighted by Crippen LogP contribution is -2.39. The summed E-state index contributed by atoms with van der Waals surface area (Å²) in [6.45, 7) is 6.07. The van der Waals surface area contributed by atoms with Crippen LogP contribution in [0.25, 0.3) is 0 Å². The number of hydrogen-bond donors (Lipinski definition) is 3. The molecule has 2 rings (SSSR count). The van der Waals surface area contributed by atoms with E-state index in [0.717, 1.165) is 18.7 Å². The Hall–Kier alpha value is -1.63. The standard InChI is InChI=1S/C19H31N3O3/c1-2-20-19(22-12-18(23)15-25-14-17-8-9-17)21-10-11-24-13-16-6-4-3-5-7-16/h3-7,17-18,23H,2,8-15H2,1H3,(H2,20,21,22). The number of aliphatic imine (C=N–C) groups is 1. The van der Waals surface area contributed by atoms with Crippen LogP contribution in [0.5, 0.6) is 0 Å². The number of nitrogens with one attached hydrogen (secondary N) is 2. The van der Waals surface area contributed by atoms with Crippen LogP contribution in [-0.4, -0.2) is 56.6 Å². The highest BCUT2D eigenvalue weighted by atomic mass is 16.5. The van der Waals surface area contributed by atoms with Crippen LogP contribution < -0.4 is 10.6 Å². The molecule has 1 aliphatic rings. The molecule has 3 N–H and O–H groups in total. The quantitative estimate of drug-likeness (QED) is 0.303. The Morgan fingerprint density at radius 3 is 2.76 bits per heavy atom. The van der Waals surface area contributed by atoms with Gasteiger partial charge in [0.2, 0.25) is 0 Å². The Bertz CT molecular complexity index is 492. The molecule has 0 spiro atoms. The van der Waals surface area contributed by atoms with E-state index in [1.54, 1.807) is 0 Å². The van der Waals surface area contributed by atoms with Crippen LogP contribution >= 0.6 is 0 Å². The van der Waals surface area contributed by atoms with Gasteiger partial charge in [0, 0.05) is 19.7 Å². The molecule has 6 heteroatoms. The average molecular weight is 349 g/mol. The van der Waals surface area contributed by atoms with Crippen molar-refractivity contribution in [2.45, 2.75) is 32.5 Å². The lowest BCUT2D eigenvalue weighted by Gasteiger charge is -2.13. The van der Waals surface area contributed by atoms with Gasteiger partial charge in [0.25, 0.3) is 0 Å². The van der Waals surface area contributed by atoms with Gasteiger partial charge in [-0.3, -0.25) is 4.99 Å². The van der Waals surface area contributed by atoms with Crippen molar-refractivity contribution in [3.63, 3.8) is 0 Å². The summed E-state index contributed by atoms with van der Waals surface area (Å²) in [5.74, 6) is 1.40. The largest absolute Gasteiger partial charge is 0.389 e. The van der Waals surface area contributed by atoms with Crippen molar-refractivity contribution in [1.82, 2.24) is 10.6 Å². The van der Waals surface area contributed by atoms with Crippen molar-refractivity contribution in [2.75, 3.05) is 39.5 Å². The minimum Gasteiger partial charge on any atom is -0.389 e. The van der Waals surface area contributed by atoms with Gasteiger partial charge in [0.1, 0.15) is 0 Å². The third-order valence-corrected chi connectivity index (χ3v) is 3.82. The van der Waals surface area contributed by atoms with Gasteiger partial charge in [-0.2, -0.15) is 0 Å². The zero-order valence-corrected chi connectivity index (χ0v) is 15.1. The van der Waals surface area contributed by atoms with Gasteiger partial charge in [-0.05, 0) is 31.2 Å². The summed E-state index contributed by atoms with van der Waals surface area (Å²) < 4.78 is 11.1. The second-order valence-electron chi connectivity index (χ2n) is 6.32. The summed E-state index contributed by atoms with van der Waals surface area (Å²) in [4.78, 5) is 4.39. The molecule has 0 saturated heterocycles. The number of aliphatic hydroxyl groups excluding tert-OH is 1. The maximum absolute atomic E-state index is 9.92. The van der Waals surface area contributed by atoms with Gasteiger partial charge >= 0.3 is 0 Å². The van der Waals surface area contributed by atoms with Gasteiger partial charge in [-0.25, -0.2) is 0 Å². The summed E-state index contributed by atoms with van der Waals surface area (Å²) in [6, 6.07) is 10.1. The van der Waals surface area contributed by atoms with Crippen LogP contribution in [0.2, 0.25) is 0 Å². The predicted octanol–water partition coefficient (Wildman–Crippen LogP) is 1.55. The van der Waals surface area contributed by atoms with E-state index in [2.05, 4.69) is 15.6 Å². The van der Waals surface area contributed by atoms with Crippen molar-refractivity contribution in [2.24, 2.45) is 10.9 Å². The molecule has 1 atom stereocenters. The first-order valence-corrected chi connectivity index (χ1v) is 9.17. The number of nitrogens with zero attached hydrogens (tertiary/aromatic N) is 1. The Kier molecular flexibility index (Phi) is 9.33. The van der Waals surface area contributed by atoms with E-state index in [9.17, 15) is 5.11 Å². The monoisotopic (exact) mass is 349 g/mol. The fraction of sp³-hybridized carbons (Fsp3) is 0.632. The number of ether oxygens (including phenoxy) is 2. The molecule has 140 valence electrons. The van der Waals surface area contributed by atoms with Crippen LogP contribution in [0.1, 0.15) is 25.3 Å². The highest BCUT2D eigenvalue weighted by Crippen LogP contribution is 2.28. The highest BCUT2D eigenvalue weighted by Gasteiger charge is 2.21. The normalized spacial score (nSPS) is 15.8. The minimum atomic E-state index is -0.566. The molecule has 1 unspecified atom stereocenters. The lowest BCUT2D eigenvalue weighted by molar-refractivity contribution is 0.0368. The van der Waals surface area contributed by atoms with Crippen molar-refractivity contribution in [3.8, 4) is 0 Å². The first-order chi connectivity index (χ1) is 12.3. The van der Waals surface area contributed by atoms with E-state index in [1.165, 1.54) is 12.8 Å². The molecule has 0 amide bonds. The molecule has 0 aliphatic heterocycles. The van der Waals surface area contributed by atoms with Crippen LogP contribution in [0.3, 0.4) is 0 Å². The molecule has 1 aliphatic carbocycles. The zero-order chi connectivity index (χ0) is 17.7. The Balaban J connectivity index is 1.57. The molecule has 25 heavy (non-hydrogen) atoms. The maximum Gasteiger partial charge on any atom is 0.191 e. The van der Waals surface area contributed by atoms with Gasteiger partial charge in [0.05, 0.1) is 32.5 Å². The molecule has 1 aromatic carbocycles. The average Bonchev–Trinajstić information content (AvgIpc) is 3.44. The van der Waals surface area contributed by atoms with Gasteiger partial charge in [-0.15, -0.1) is 0 Å². The first-order valence-electron chi connectivity index (χ1n) is 9.17. The molecular weight excluding hydrogens is 318 g/mol. The molecule has 0 bridgehead atoms. The third kappa shape index (κ3) is 9.43. The van der Waals surface area contributed by atoms with Crippen molar-refractivity contribution < 1.29 is 14.6 Å². The fourth-order valence-electron chi connectivity index (χ4n) is 2.25. The number of hydrogen-bond acceptors (Lipinski definition) is 4.